The van der Waals surface area contributed by atoms with Gasteiger partial charge in [0.2, 0.25) is 0 Å². The van der Waals surface area contributed by atoms with Crippen molar-refractivity contribution in [1.82, 2.24) is 15.2 Å². The molecule has 2 bridgehead atoms. The van der Waals surface area contributed by atoms with Crippen molar-refractivity contribution in [2.75, 3.05) is 25.0 Å². The van der Waals surface area contributed by atoms with Gasteiger partial charge in [-0.2, -0.15) is 0 Å². The molecule has 6 nitrogen and oxygen atoms in total. The molecule has 34 heavy (non-hydrogen) atoms. The van der Waals surface area contributed by atoms with Gasteiger partial charge in [-0.1, -0.05) is 32.9 Å². The fraction of sp³-hybridized carbons (Fsp3) is 0.571. The highest BCUT2D eigenvalue weighted by Crippen LogP contribution is 2.52. The molecule has 2 N–H and O–H groups in total. The molecule has 0 spiro atoms. The van der Waals surface area contributed by atoms with Gasteiger partial charge in [-0.15, -0.1) is 0 Å². The first kappa shape index (κ1) is 23.2. The SMILES string of the molecule is CN1CCCc2cc(CNC(=O)c3ccc(CN4C[C@@]5(C)C[C@H]4CC(C)(C)C5)[nH]c3=O)ccc21. The third kappa shape index (κ3) is 4.65. The number of amides is 1. The maximum atomic E-state index is 12.7. The van der Waals surface area contributed by atoms with Crippen LogP contribution in [0.25, 0.3) is 0 Å². The summed E-state index contributed by atoms with van der Waals surface area (Å²) in [6.07, 6.45) is 5.91. The van der Waals surface area contributed by atoms with Crippen molar-refractivity contribution in [1.29, 1.82) is 0 Å². The fourth-order valence-electron chi connectivity index (χ4n) is 6.99. The van der Waals surface area contributed by atoms with E-state index >= 15 is 0 Å². The van der Waals surface area contributed by atoms with Crippen LogP contribution in [0.15, 0.2) is 35.1 Å². The monoisotopic (exact) mass is 462 g/mol. The summed E-state index contributed by atoms with van der Waals surface area (Å²) in [5, 5.41) is 2.93. The number of nitrogens with zero attached hydrogens (tertiary/aromatic N) is 2. The Morgan fingerprint density at radius 1 is 1.18 bits per heavy atom. The molecule has 1 aliphatic carbocycles. The minimum absolute atomic E-state index is 0.176. The molecule has 1 aromatic heterocycles. The molecular weight excluding hydrogens is 424 g/mol. The Labute approximate surface area is 202 Å². The molecule has 2 atom stereocenters. The summed E-state index contributed by atoms with van der Waals surface area (Å²) in [5.74, 6) is -0.325. The van der Waals surface area contributed by atoms with Gasteiger partial charge in [-0.25, -0.2) is 0 Å². The third-order valence-electron chi connectivity index (χ3n) is 8.06. The molecular formula is C28H38N4O2. The summed E-state index contributed by atoms with van der Waals surface area (Å²) in [5.41, 5.74) is 5.14. The van der Waals surface area contributed by atoms with Crippen LogP contribution in [0, 0.1) is 10.8 Å². The molecule has 3 aliphatic rings. The zero-order valence-electron chi connectivity index (χ0n) is 21.0. The van der Waals surface area contributed by atoms with Crippen molar-refractivity contribution in [3.8, 4) is 0 Å². The highest BCUT2D eigenvalue weighted by Gasteiger charge is 2.49. The summed E-state index contributed by atoms with van der Waals surface area (Å²) >= 11 is 0. The second kappa shape index (κ2) is 8.56. The number of hydrogen-bond acceptors (Lipinski definition) is 4. The molecule has 1 amide bonds. The number of nitrogens with one attached hydrogen (secondary N) is 2. The van der Waals surface area contributed by atoms with Crippen LogP contribution in [0.1, 0.15) is 73.6 Å². The standard InChI is InChI=1S/C28H38N4O2/c1-27(2)13-22-14-28(3,17-27)18-32(22)16-21-8-9-23(26(34)30-21)25(33)29-15-19-7-10-24-20(12-19)6-5-11-31(24)4/h7-10,12,22H,5-6,11,13-18H2,1-4H3,(H,29,33)(H,30,34)/t22-,28+/m1/s1. The number of aryl methyl sites for hydroxylation is 1. The number of carbonyl (C=O) groups excluding carboxylic acids is 1. The topological polar surface area (TPSA) is 68.4 Å². The van der Waals surface area contributed by atoms with Crippen molar-refractivity contribution < 1.29 is 4.79 Å². The molecule has 2 fully saturated rings. The summed E-state index contributed by atoms with van der Waals surface area (Å²) in [4.78, 5) is 33.3. The number of H-pyrrole nitrogens is 1. The van der Waals surface area contributed by atoms with Crippen molar-refractivity contribution in [2.24, 2.45) is 10.8 Å². The molecule has 1 aromatic carbocycles. The van der Waals surface area contributed by atoms with Crippen molar-refractivity contribution >= 4 is 11.6 Å². The quantitative estimate of drug-likeness (QED) is 0.702. The Hall–Kier alpha value is -2.60. The number of fused-ring (bicyclic) bond motifs is 3. The number of pyridine rings is 1. The van der Waals surface area contributed by atoms with Crippen LogP contribution in [0.2, 0.25) is 0 Å². The summed E-state index contributed by atoms with van der Waals surface area (Å²) in [6, 6.07) is 10.5. The molecule has 6 heteroatoms. The molecule has 0 radical (unpaired) electrons. The third-order valence-corrected chi connectivity index (χ3v) is 8.06. The smallest absolute Gasteiger partial charge is 0.261 e. The molecule has 2 aliphatic heterocycles. The molecule has 1 saturated carbocycles. The normalized spacial score (nSPS) is 25.8. The zero-order chi connectivity index (χ0) is 24.1. The van der Waals surface area contributed by atoms with E-state index in [9.17, 15) is 9.59 Å². The molecule has 182 valence electrons. The van der Waals surface area contributed by atoms with Gasteiger partial charge in [-0.3, -0.25) is 14.5 Å². The Morgan fingerprint density at radius 2 is 2.00 bits per heavy atom. The second-order valence-electron chi connectivity index (χ2n) is 12.0. The van der Waals surface area contributed by atoms with E-state index in [0.29, 0.717) is 23.4 Å². The average molecular weight is 463 g/mol. The molecule has 0 unspecified atom stereocenters. The van der Waals surface area contributed by atoms with E-state index < -0.39 is 0 Å². The van der Waals surface area contributed by atoms with Crippen LogP contribution >= 0.6 is 0 Å². The number of aromatic nitrogens is 1. The lowest BCUT2D eigenvalue weighted by Crippen LogP contribution is -2.35. The Kier molecular flexibility index (Phi) is 5.83. The van der Waals surface area contributed by atoms with Gasteiger partial charge in [0.25, 0.3) is 11.5 Å². The zero-order valence-corrected chi connectivity index (χ0v) is 21.0. The highest BCUT2D eigenvalue weighted by atomic mass is 16.2. The van der Waals surface area contributed by atoms with E-state index in [0.717, 1.165) is 43.7 Å². The van der Waals surface area contributed by atoms with Crippen LogP contribution in [-0.4, -0.2) is 42.0 Å². The average Bonchev–Trinajstić information content (AvgIpc) is 2.99. The largest absolute Gasteiger partial charge is 0.374 e. The Morgan fingerprint density at radius 3 is 2.79 bits per heavy atom. The second-order valence-corrected chi connectivity index (χ2v) is 12.0. The van der Waals surface area contributed by atoms with Gasteiger partial charge < -0.3 is 15.2 Å². The van der Waals surface area contributed by atoms with Crippen molar-refractivity contribution in [2.45, 2.75) is 72.0 Å². The lowest BCUT2D eigenvalue weighted by atomic mass is 9.65. The fourth-order valence-corrected chi connectivity index (χ4v) is 6.99. The number of rotatable bonds is 5. The van der Waals surface area contributed by atoms with E-state index in [4.69, 9.17) is 0 Å². The maximum absolute atomic E-state index is 12.7. The van der Waals surface area contributed by atoms with Crippen molar-refractivity contribution in [3.63, 3.8) is 0 Å². The Bertz CT molecular complexity index is 1150. The van der Waals surface area contributed by atoms with Gasteiger partial charge in [0, 0.05) is 50.6 Å². The summed E-state index contributed by atoms with van der Waals surface area (Å²) < 4.78 is 0. The lowest BCUT2D eigenvalue weighted by Gasteiger charge is -2.39. The van der Waals surface area contributed by atoms with Crippen LogP contribution in [0.4, 0.5) is 5.69 Å². The van der Waals surface area contributed by atoms with Crippen molar-refractivity contribution in [3.05, 3.63) is 63.1 Å². The van der Waals surface area contributed by atoms with Gasteiger partial charge in [0.15, 0.2) is 0 Å². The van der Waals surface area contributed by atoms with Gasteiger partial charge in [-0.05, 0) is 72.3 Å². The lowest BCUT2D eigenvalue weighted by molar-refractivity contribution is 0.0949. The molecule has 2 aromatic rings. The minimum atomic E-state index is -0.325. The van der Waals surface area contributed by atoms with E-state index in [1.54, 1.807) is 6.07 Å². The molecule has 3 heterocycles. The maximum Gasteiger partial charge on any atom is 0.261 e. The highest BCUT2D eigenvalue weighted by molar-refractivity contribution is 5.93. The van der Waals surface area contributed by atoms with E-state index in [-0.39, 0.29) is 17.0 Å². The van der Waals surface area contributed by atoms with Gasteiger partial charge in [0.05, 0.1) is 0 Å². The van der Waals surface area contributed by atoms with Gasteiger partial charge in [0.1, 0.15) is 5.56 Å². The number of anilines is 1. The number of benzene rings is 1. The Balaban J connectivity index is 1.22. The first-order valence-corrected chi connectivity index (χ1v) is 12.7. The number of hydrogen-bond donors (Lipinski definition) is 2. The van der Waals surface area contributed by atoms with Crippen LogP contribution in [0.5, 0.6) is 0 Å². The van der Waals surface area contributed by atoms with E-state index in [1.807, 2.05) is 6.07 Å². The van der Waals surface area contributed by atoms with Crippen LogP contribution in [0.3, 0.4) is 0 Å². The predicted octanol–water partition coefficient (Wildman–Crippen LogP) is 4.09. The summed E-state index contributed by atoms with van der Waals surface area (Å²) in [7, 11) is 2.12. The number of likely N-dealkylation sites (tertiary alicyclic amines) is 1. The van der Waals surface area contributed by atoms with E-state index in [2.05, 4.69) is 66.1 Å². The molecule has 5 rings (SSSR count). The number of carbonyl (C=O) groups is 1. The minimum Gasteiger partial charge on any atom is -0.374 e. The molecule has 1 saturated heterocycles. The number of aromatic amines is 1. The summed E-state index contributed by atoms with van der Waals surface area (Å²) in [6.45, 7) is 10.5. The first-order chi connectivity index (χ1) is 16.1. The van der Waals surface area contributed by atoms with Gasteiger partial charge >= 0.3 is 0 Å². The van der Waals surface area contributed by atoms with Crippen LogP contribution < -0.4 is 15.8 Å². The van der Waals surface area contributed by atoms with E-state index in [1.165, 1.54) is 30.5 Å². The first-order valence-electron chi connectivity index (χ1n) is 12.7. The van der Waals surface area contributed by atoms with Crippen LogP contribution in [-0.2, 0) is 19.5 Å². The predicted molar refractivity (Wildman–Crippen MR) is 136 cm³/mol.